The van der Waals surface area contributed by atoms with Gasteiger partial charge in [-0.3, -0.25) is 4.99 Å². The van der Waals surface area contributed by atoms with Crippen LogP contribution in [0.2, 0.25) is 0 Å². The van der Waals surface area contributed by atoms with Gasteiger partial charge in [-0.2, -0.15) is 0 Å². The van der Waals surface area contributed by atoms with Crippen LogP contribution in [0.15, 0.2) is 59.6 Å². The molecule has 0 aromatic heterocycles. The van der Waals surface area contributed by atoms with Gasteiger partial charge in [0.25, 0.3) is 0 Å². The van der Waals surface area contributed by atoms with Crippen molar-refractivity contribution < 1.29 is 29.3 Å². The number of aromatic hydroxyl groups is 1. The average molecular weight is 385 g/mol. The first-order valence-electron chi connectivity index (χ1n) is 8.77. The number of carbonyl (C=O) groups is 2. The van der Waals surface area contributed by atoms with Crippen LogP contribution in [-0.4, -0.2) is 46.6 Å². The van der Waals surface area contributed by atoms with Crippen molar-refractivity contribution in [3.63, 3.8) is 0 Å². The van der Waals surface area contributed by atoms with Gasteiger partial charge in [-0.1, -0.05) is 42.5 Å². The molecule has 0 saturated carbocycles. The number of esters is 2. The van der Waals surface area contributed by atoms with Crippen molar-refractivity contribution in [2.75, 3.05) is 6.61 Å². The van der Waals surface area contributed by atoms with Crippen molar-refractivity contribution in [3.8, 4) is 5.75 Å². The van der Waals surface area contributed by atoms with Gasteiger partial charge in [0.1, 0.15) is 12.4 Å². The van der Waals surface area contributed by atoms with Crippen LogP contribution in [0, 0.1) is 0 Å². The number of nitrogens with zero attached hydrogens (tertiary/aromatic N) is 1. The molecule has 0 aliphatic rings. The number of phenolic OH excluding ortho intramolecular Hbond substituents is 1. The molecule has 0 bridgehead atoms. The minimum absolute atomic E-state index is 0.0479. The second kappa shape index (κ2) is 9.66. The highest BCUT2D eigenvalue weighted by Gasteiger charge is 2.46. The summed E-state index contributed by atoms with van der Waals surface area (Å²) in [5.41, 5.74) is -0.882. The van der Waals surface area contributed by atoms with E-state index in [1.165, 1.54) is 19.2 Å². The van der Waals surface area contributed by atoms with Crippen molar-refractivity contribution in [2.24, 2.45) is 4.99 Å². The molecule has 0 aliphatic carbocycles. The van der Waals surface area contributed by atoms with Gasteiger partial charge < -0.3 is 19.7 Å². The molecule has 1 unspecified atom stereocenters. The molecule has 0 amide bonds. The van der Waals surface area contributed by atoms with E-state index >= 15 is 0 Å². The summed E-state index contributed by atoms with van der Waals surface area (Å²) in [6.45, 7) is 2.87. The third kappa shape index (κ3) is 5.17. The van der Waals surface area contributed by atoms with Gasteiger partial charge >= 0.3 is 11.9 Å². The first-order valence-corrected chi connectivity index (χ1v) is 8.77. The monoisotopic (exact) mass is 385 g/mol. The summed E-state index contributed by atoms with van der Waals surface area (Å²) < 4.78 is 10.1. The number of para-hydroxylation sites is 1. The maximum atomic E-state index is 12.4. The maximum absolute atomic E-state index is 12.4. The Morgan fingerprint density at radius 1 is 1.11 bits per heavy atom. The van der Waals surface area contributed by atoms with E-state index in [2.05, 4.69) is 4.99 Å². The highest BCUT2D eigenvalue weighted by atomic mass is 16.6. The van der Waals surface area contributed by atoms with Gasteiger partial charge in [-0.05, 0) is 31.5 Å². The van der Waals surface area contributed by atoms with E-state index in [4.69, 9.17) is 9.47 Å². The van der Waals surface area contributed by atoms with Gasteiger partial charge in [0.2, 0.25) is 0 Å². The number of ether oxygens (including phenoxy) is 2. The lowest BCUT2D eigenvalue weighted by Gasteiger charge is -2.27. The topological polar surface area (TPSA) is 105 Å². The highest BCUT2D eigenvalue weighted by Crippen LogP contribution is 2.22. The maximum Gasteiger partial charge on any atom is 0.338 e. The van der Waals surface area contributed by atoms with Crippen LogP contribution in [0.3, 0.4) is 0 Å². The Labute approximate surface area is 163 Å². The van der Waals surface area contributed by atoms with Crippen molar-refractivity contribution >= 4 is 18.2 Å². The van der Waals surface area contributed by atoms with E-state index in [1.54, 1.807) is 49.4 Å². The zero-order valence-corrected chi connectivity index (χ0v) is 15.7. The van der Waals surface area contributed by atoms with Crippen LogP contribution in [0.1, 0.15) is 25.0 Å². The Morgan fingerprint density at radius 3 is 2.39 bits per heavy atom. The van der Waals surface area contributed by atoms with Crippen molar-refractivity contribution in [1.29, 1.82) is 0 Å². The van der Waals surface area contributed by atoms with Gasteiger partial charge in [0.05, 0.1) is 6.61 Å². The second-order valence-electron chi connectivity index (χ2n) is 6.18. The first kappa shape index (κ1) is 21.1. The number of phenols is 1. The van der Waals surface area contributed by atoms with E-state index in [1.807, 2.05) is 6.07 Å². The molecule has 2 N–H and O–H groups in total. The summed E-state index contributed by atoms with van der Waals surface area (Å²) in [5.74, 6) is -1.95. The zero-order valence-electron chi connectivity index (χ0n) is 15.7. The number of aliphatic hydroxyl groups excluding tert-OH is 1. The summed E-state index contributed by atoms with van der Waals surface area (Å²) in [5, 5.41) is 20.4. The molecule has 2 atom stereocenters. The second-order valence-corrected chi connectivity index (χ2v) is 6.18. The average Bonchev–Trinajstić information content (AvgIpc) is 2.71. The Hall–Kier alpha value is -3.19. The quantitative estimate of drug-likeness (QED) is 0.533. The van der Waals surface area contributed by atoms with E-state index in [0.29, 0.717) is 5.56 Å². The minimum atomic E-state index is -1.94. The van der Waals surface area contributed by atoms with E-state index < -0.39 is 23.6 Å². The Balaban J connectivity index is 2.21. The fourth-order valence-corrected chi connectivity index (χ4v) is 2.35. The minimum Gasteiger partial charge on any atom is -0.507 e. The fraction of sp³-hybridized carbons (Fsp3) is 0.286. The van der Waals surface area contributed by atoms with Crippen LogP contribution >= 0.6 is 0 Å². The molecule has 28 heavy (non-hydrogen) atoms. The van der Waals surface area contributed by atoms with Crippen LogP contribution < -0.4 is 0 Å². The molecule has 7 nitrogen and oxygen atoms in total. The summed E-state index contributed by atoms with van der Waals surface area (Å²) in [6, 6.07) is 15.3. The molecule has 0 radical (unpaired) electrons. The van der Waals surface area contributed by atoms with Crippen molar-refractivity contribution in [3.05, 3.63) is 65.7 Å². The summed E-state index contributed by atoms with van der Waals surface area (Å²) >= 11 is 0. The number of hydrogen-bond donors (Lipinski definition) is 2. The van der Waals surface area contributed by atoms with Gasteiger partial charge in [-0.15, -0.1) is 0 Å². The summed E-state index contributed by atoms with van der Waals surface area (Å²) in [7, 11) is 0. The molecular formula is C21H23NO6. The van der Waals surface area contributed by atoms with E-state index in [0.717, 1.165) is 5.56 Å². The molecule has 0 heterocycles. The lowest BCUT2D eigenvalue weighted by Crippen LogP contribution is -2.51. The molecule has 0 spiro atoms. The molecule has 0 saturated heterocycles. The highest BCUT2D eigenvalue weighted by molar-refractivity contribution is 5.93. The lowest BCUT2D eigenvalue weighted by atomic mass is 9.95. The molecule has 0 aliphatic heterocycles. The number of aliphatic hydroxyl groups is 1. The molecular weight excluding hydrogens is 362 g/mol. The first-order chi connectivity index (χ1) is 13.4. The van der Waals surface area contributed by atoms with Crippen LogP contribution in [0.5, 0.6) is 5.75 Å². The fourth-order valence-electron chi connectivity index (χ4n) is 2.35. The number of carbonyl (C=O) groups excluding carboxylic acids is 2. The normalized spacial score (nSPS) is 14.2. The Kier molecular flexibility index (Phi) is 7.28. The largest absolute Gasteiger partial charge is 0.507 e. The van der Waals surface area contributed by atoms with Crippen molar-refractivity contribution in [1.82, 2.24) is 0 Å². The van der Waals surface area contributed by atoms with Crippen molar-refractivity contribution in [2.45, 2.75) is 32.1 Å². The predicted octanol–water partition coefficient (Wildman–Crippen LogP) is 2.24. The summed E-state index contributed by atoms with van der Waals surface area (Å²) in [6.07, 6.45) is -0.683. The van der Waals surface area contributed by atoms with Gasteiger partial charge in [-0.25, -0.2) is 9.59 Å². The lowest BCUT2D eigenvalue weighted by molar-refractivity contribution is -0.168. The molecule has 2 aromatic rings. The van der Waals surface area contributed by atoms with Gasteiger partial charge in [0.15, 0.2) is 11.6 Å². The SMILES string of the molecule is CCOC(=O)[C@](C)(N=Cc1ccccc1O)C(O)C(=O)OCc1ccccc1. The van der Waals surface area contributed by atoms with E-state index in [9.17, 15) is 19.8 Å². The predicted molar refractivity (Wildman–Crippen MR) is 103 cm³/mol. The standard InChI is InChI=1S/C21H23NO6/c1-3-27-20(26)21(2,22-13-16-11-7-8-12-17(16)23)18(24)19(25)28-14-15-9-5-4-6-10-15/h4-13,18,23-24H,3,14H2,1-2H3/t18?,21-/m1/s1. The third-order valence-electron chi connectivity index (χ3n) is 4.08. The van der Waals surface area contributed by atoms with Crippen LogP contribution in [0.4, 0.5) is 0 Å². The Bertz CT molecular complexity index is 836. The summed E-state index contributed by atoms with van der Waals surface area (Å²) in [4.78, 5) is 28.8. The smallest absolute Gasteiger partial charge is 0.338 e. The van der Waals surface area contributed by atoms with Crippen LogP contribution in [-0.2, 0) is 25.7 Å². The molecule has 2 aromatic carbocycles. The number of benzene rings is 2. The zero-order chi connectivity index (χ0) is 20.6. The molecule has 2 rings (SSSR count). The van der Waals surface area contributed by atoms with Gasteiger partial charge in [0, 0.05) is 11.8 Å². The Morgan fingerprint density at radius 2 is 1.75 bits per heavy atom. The molecule has 0 fully saturated rings. The van der Waals surface area contributed by atoms with E-state index in [-0.39, 0.29) is 19.0 Å². The number of rotatable bonds is 8. The number of aliphatic imine (C=N–C) groups is 1. The number of hydrogen-bond acceptors (Lipinski definition) is 7. The molecule has 148 valence electrons. The third-order valence-corrected chi connectivity index (χ3v) is 4.08. The molecule has 7 heteroatoms. The van der Waals surface area contributed by atoms with Crippen LogP contribution in [0.25, 0.3) is 0 Å².